The van der Waals surface area contributed by atoms with Crippen LogP contribution in [-0.2, 0) is 25.6 Å². The molecule has 1 atom stereocenters. The quantitative estimate of drug-likeness (QED) is 0.565. The molecule has 1 fully saturated rings. The zero-order valence-corrected chi connectivity index (χ0v) is 15.4. The normalized spacial score (nSPS) is 15.7. The van der Waals surface area contributed by atoms with Gasteiger partial charge in [-0.25, -0.2) is 4.79 Å². The number of piperidine rings is 1. The van der Waals surface area contributed by atoms with Crippen LogP contribution in [0, 0.1) is 5.92 Å². The Hall–Kier alpha value is -2.90. The van der Waals surface area contributed by atoms with Crippen molar-refractivity contribution in [2.24, 2.45) is 5.92 Å². The fraction of sp³-hybridized carbons (Fsp3) is 0.474. The number of esters is 1. The molecule has 2 N–H and O–H groups in total. The minimum Gasteiger partial charge on any atom is -0.480 e. The van der Waals surface area contributed by atoms with Gasteiger partial charge in [0.25, 0.3) is 0 Å². The molecular weight excluding hydrogens is 352 g/mol. The van der Waals surface area contributed by atoms with Crippen LogP contribution in [-0.4, -0.2) is 52.9 Å². The van der Waals surface area contributed by atoms with E-state index in [2.05, 4.69) is 5.32 Å². The number of aliphatic carboxylic acids is 1. The minimum atomic E-state index is -1.12. The fourth-order valence-corrected chi connectivity index (χ4v) is 3.04. The number of amides is 2. The van der Waals surface area contributed by atoms with Gasteiger partial charge in [-0.05, 0) is 30.5 Å². The van der Waals surface area contributed by atoms with Crippen LogP contribution < -0.4 is 10.1 Å². The summed E-state index contributed by atoms with van der Waals surface area (Å²) in [5.74, 6) is -1.80. The van der Waals surface area contributed by atoms with Crippen LogP contribution in [0.4, 0.5) is 0 Å². The lowest BCUT2D eigenvalue weighted by Crippen LogP contribution is -2.48. The lowest BCUT2D eigenvalue weighted by Gasteiger charge is -2.31. The fourth-order valence-electron chi connectivity index (χ4n) is 3.04. The van der Waals surface area contributed by atoms with E-state index in [0.717, 1.165) is 0 Å². The van der Waals surface area contributed by atoms with E-state index in [1.165, 1.54) is 13.8 Å². The molecule has 0 radical (unpaired) electrons. The molecule has 0 saturated carbocycles. The molecule has 146 valence electrons. The smallest absolute Gasteiger partial charge is 0.326 e. The number of nitrogens with zero attached hydrogens (tertiary/aromatic N) is 1. The number of ether oxygens (including phenoxy) is 1. The van der Waals surface area contributed by atoms with Crippen molar-refractivity contribution in [3.8, 4) is 5.75 Å². The average molecular weight is 376 g/mol. The first-order valence-corrected chi connectivity index (χ1v) is 8.82. The van der Waals surface area contributed by atoms with Gasteiger partial charge >= 0.3 is 11.9 Å². The van der Waals surface area contributed by atoms with Crippen LogP contribution in [0.5, 0.6) is 5.75 Å². The Morgan fingerprint density at radius 3 is 2.22 bits per heavy atom. The summed E-state index contributed by atoms with van der Waals surface area (Å²) in [5.41, 5.74) is 0.699. The highest BCUT2D eigenvalue weighted by molar-refractivity contribution is 5.85. The predicted molar refractivity (Wildman–Crippen MR) is 96.0 cm³/mol. The first kappa shape index (κ1) is 20.4. The summed E-state index contributed by atoms with van der Waals surface area (Å²) in [5, 5.41) is 12.0. The van der Waals surface area contributed by atoms with Crippen LogP contribution in [0.3, 0.4) is 0 Å². The zero-order chi connectivity index (χ0) is 20.0. The number of carbonyl (C=O) groups is 4. The summed E-state index contributed by atoms with van der Waals surface area (Å²) >= 11 is 0. The standard InChI is InChI=1S/C19H24N2O6/c1-12(22)21-9-7-15(8-10-21)18(24)20-17(19(25)26)11-14-3-5-16(6-4-14)27-13(2)23/h3-6,15,17H,7-11H2,1-2H3,(H,20,24)(H,25,26). The third-order valence-corrected chi connectivity index (χ3v) is 4.55. The first-order valence-electron chi connectivity index (χ1n) is 8.82. The highest BCUT2D eigenvalue weighted by atomic mass is 16.5. The second-order valence-electron chi connectivity index (χ2n) is 6.62. The largest absolute Gasteiger partial charge is 0.480 e. The van der Waals surface area contributed by atoms with E-state index < -0.39 is 18.0 Å². The number of carboxylic acid groups (broad SMARTS) is 1. The Morgan fingerprint density at radius 1 is 1.15 bits per heavy atom. The molecule has 1 unspecified atom stereocenters. The van der Waals surface area contributed by atoms with Crippen molar-refractivity contribution in [2.45, 2.75) is 39.2 Å². The maximum atomic E-state index is 12.4. The molecule has 0 aliphatic carbocycles. The molecule has 27 heavy (non-hydrogen) atoms. The number of carboxylic acids is 1. The monoisotopic (exact) mass is 376 g/mol. The number of likely N-dealkylation sites (tertiary alicyclic amines) is 1. The summed E-state index contributed by atoms with van der Waals surface area (Å²) in [6.07, 6.45) is 1.16. The second kappa shape index (κ2) is 9.16. The molecule has 0 spiro atoms. The van der Waals surface area contributed by atoms with E-state index >= 15 is 0 Å². The molecule has 0 aromatic heterocycles. The molecule has 1 aromatic carbocycles. The van der Waals surface area contributed by atoms with E-state index in [1.807, 2.05) is 0 Å². The minimum absolute atomic E-state index is 0.0190. The molecule has 1 aliphatic heterocycles. The first-order chi connectivity index (χ1) is 12.8. The number of hydrogen-bond donors (Lipinski definition) is 2. The van der Waals surface area contributed by atoms with Crippen LogP contribution >= 0.6 is 0 Å². The van der Waals surface area contributed by atoms with Crippen molar-refractivity contribution in [1.82, 2.24) is 10.2 Å². The Kier molecular flexibility index (Phi) is 6.92. The maximum Gasteiger partial charge on any atom is 0.326 e. The zero-order valence-electron chi connectivity index (χ0n) is 15.4. The topological polar surface area (TPSA) is 113 Å². The summed E-state index contributed by atoms with van der Waals surface area (Å²) in [6, 6.07) is 5.42. The van der Waals surface area contributed by atoms with E-state index in [1.54, 1.807) is 29.2 Å². The molecule has 1 aliphatic rings. The summed E-state index contributed by atoms with van der Waals surface area (Å²) < 4.78 is 4.94. The average Bonchev–Trinajstić information content (AvgIpc) is 2.62. The van der Waals surface area contributed by atoms with Crippen molar-refractivity contribution >= 4 is 23.8 Å². The van der Waals surface area contributed by atoms with E-state index in [4.69, 9.17) is 4.74 Å². The predicted octanol–water partition coefficient (Wildman–Crippen LogP) is 0.982. The summed E-state index contributed by atoms with van der Waals surface area (Å²) in [4.78, 5) is 47.9. The van der Waals surface area contributed by atoms with Gasteiger partial charge in [0.2, 0.25) is 11.8 Å². The Balaban J connectivity index is 1.93. The Morgan fingerprint density at radius 2 is 1.74 bits per heavy atom. The van der Waals surface area contributed by atoms with E-state index in [9.17, 15) is 24.3 Å². The number of benzene rings is 1. The van der Waals surface area contributed by atoms with Gasteiger partial charge in [-0.15, -0.1) is 0 Å². The molecule has 1 saturated heterocycles. The number of hydrogen-bond acceptors (Lipinski definition) is 5. The van der Waals surface area contributed by atoms with Crippen molar-refractivity contribution in [1.29, 1.82) is 0 Å². The van der Waals surface area contributed by atoms with Crippen LogP contribution in [0.2, 0.25) is 0 Å². The van der Waals surface area contributed by atoms with Gasteiger partial charge in [0.15, 0.2) is 0 Å². The number of rotatable bonds is 6. The number of nitrogens with one attached hydrogen (secondary N) is 1. The Bertz CT molecular complexity index is 707. The van der Waals surface area contributed by atoms with Crippen molar-refractivity contribution in [3.63, 3.8) is 0 Å². The third-order valence-electron chi connectivity index (χ3n) is 4.55. The van der Waals surface area contributed by atoms with Crippen LogP contribution in [0.25, 0.3) is 0 Å². The van der Waals surface area contributed by atoms with Gasteiger partial charge in [0.05, 0.1) is 0 Å². The van der Waals surface area contributed by atoms with Gasteiger partial charge in [-0.2, -0.15) is 0 Å². The van der Waals surface area contributed by atoms with Gasteiger partial charge < -0.3 is 20.1 Å². The number of carbonyl (C=O) groups excluding carboxylic acids is 3. The molecule has 2 rings (SSSR count). The molecule has 2 amide bonds. The van der Waals surface area contributed by atoms with Crippen molar-refractivity contribution < 1.29 is 29.0 Å². The maximum absolute atomic E-state index is 12.4. The van der Waals surface area contributed by atoms with E-state index in [-0.39, 0.29) is 24.2 Å². The SMILES string of the molecule is CC(=O)Oc1ccc(CC(NC(=O)C2CCN(C(C)=O)CC2)C(=O)O)cc1. The molecule has 1 heterocycles. The lowest BCUT2D eigenvalue weighted by molar-refractivity contribution is -0.143. The van der Waals surface area contributed by atoms with Crippen molar-refractivity contribution in [3.05, 3.63) is 29.8 Å². The van der Waals surface area contributed by atoms with Crippen LogP contribution in [0.1, 0.15) is 32.3 Å². The third kappa shape index (κ3) is 6.09. The highest BCUT2D eigenvalue weighted by Crippen LogP contribution is 2.18. The highest BCUT2D eigenvalue weighted by Gasteiger charge is 2.29. The summed E-state index contributed by atoms with van der Waals surface area (Å²) in [6.45, 7) is 3.80. The van der Waals surface area contributed by atoms with Crippen molar-refractivity contribution in [2.75, 3.05) is 13.1 Å². The molecule has 0 bridgehead atoms. The molecule has 1 aromatic rings. The molecule has 8 heteroatoms. The second-order valence-corrected chi connectivity index (χ2v) is 6.62. The van der Waals surface area contributed by atoms with Gasteiger partial charge in [-0.1, -0.05) is 12.1 Å². The van der Waals surface area contributed by atoms with Gasteiger partial charge in [-0.3, -0.25) is 14.4 Å². The summed E-state index contributed by atoms with van der Waals surface area (Å²) in [7, 11) is 0. The van der Waals surface area contributed by atoms with E-state index in [0.29, 0.717) is 37.2 Å². The molecular formula is C19H24N2O6. The molecule has 8 nitrogen and oxygen atoms in total. The Labute approximate surface area is 157 Å². The van der Waals surface area contributed by atoms with Crippen LogP contribution in [0.15, 0.2) is 24.3 Å². The van der Waals surface area contributed by atoms with Gasteiger partial charge in [0, 0.05) is 39.3 Å². The lowest BCUT2D eigenvalue weighted by atomic mass is 9.95. The van der Waals surface area contributed by atoms with Gasteiger partial charge in [0.1, 0.15) is 11.8 Å².